The number of hydrogen-bond donors (Lipinski definition) is 2. The van der Waals surface area contributed by atoms with Crippen molar-refractivity contribution in [2.24, 2.45) is 5.73 Å². The molecule has 8 nitrogen and oxygen atoms in total. The number of benzene rings is 1. The lowest BCUT2D eigenvalue weighted by molar-refractivity contribution is 0.291. The van der Waals surface area contributed by atoms with Crippen molar-refractivity contribution in [2.75, 3.05) is 18.8 Å². The van der Waals surface area contributed by atoms with Gasteiger partial charge >= 0.3 is 0 Å². The van der Waals surface area contributed by atoms with Crippen LogP contribution < -0.4 is 11.5 Å². The number of rotatable bonds is 8. The number of anilines is 1. The first kappa shape index (κ1) is 21.3. The second kappa shape index (κ2) is 9.04. The van der Waals surface area contributed by atoms with Gasteiger partial charge in [-0.15, -0.1) is 5.10 Å². The Bertz CT molecular complexity index is 1200. The molecule has 0 bridgehead atoms. The fourth-order valence-corrected chi connectivity index (χ4v) is 4.05. The summed E-state index contributed by atoms with van der Waals surface area (Å²) in [7, 11) is 0. The van der Waals surface area contributed by atoms with Crippen LogP contribution in [0.5, 0.6) is 0 Å². The van der Waals surface area contributed by atoms with E-state index in [1.807, 2.05) is 18.2 Å². The van der Waals surface area contributed by atoms with E-state index in [-0.39, 0.29) is 5.82 Å². The van der Waals surface area contributed by atoms with Crippen molar-refractivity contribution in [3.8, 4) is 11.9 Å². The summed E-state index contributed by atoms with van der Waals surface area (Å²) in [6, 6.07) is 10.0. The summed E-state index contributed by atoms with van der Waals surface area (Å²) >= 11 is 0. The zero-order valence-electron chi connectivity index (χ0n) is 18.0. The summed E-state index contributed by atoms with van der Waals surface area (Å²) < 4.78 is 1.48. The van der Waals surface area contributed by atoms with E-state index in [0.29, 0.717) is 24.6 Å². The highest BCUT2D eigenvalue weighted by atomic mass is 15.4. The number of allylic oxidation sites excluding steroid dienone is 1. The van der Waals surface area contributed by atoms with E-state index >= 15 is 0 Å². The van der Waals surface area contributed by atoms with Crippen LogP contribution in [0.25, 0.3) is 11.4 Å². The molecule has 2 heterocycles. The molecule has 0 atom stereocenters. The molecule has 0 unspecified atom stereocenters. The van der Waals surface area contributed by atoms with E-state index in [9.17, 15) is 0 Å². The Labute approximate surface area is 187 Å². The monoisotopic (exact) mass is 426 g/mol. The van der Waals surface area contributed by atoms with Gasteiger partial charge in [-0.1, -0.05) is 31.4 Å². The summed E-state index contributed by atoms with van der Waals surface area (Å²) in [5, 5.41) is 12.9. The van der Waals surface area contributed by atoms with Gasteiger partial charge in [0, 0.05) is 37.2 Å². The Kier molecular flexibility index (Phi) is 6.01. The zero-order valence-corrected chi connectivity index (χ0v) is 18.0. The highest BCUT2D eigenvalue weighted by molar-refractivity contribution is 5.77. The number of nitrogens with two attached hydrogens (primary N) is 2. The highest BCUT2D eigenvalue weighted by Gasteiger charge is 2.19. The number of nitrogens with zero attached hydrogens (tertiary/aromatic N) is 6. The topological polar surface area (TPSA) is 123 Å². The quantitative estimate of drug-likeness (QED) is 0.531. The van der Waals surface area contributed by atoms with E-state index in [1.54, 1.807) is 6.20 Å². The molecular weight excluding hydrogens is 400 g/mol. The lowest BCUT2D eigenvalue weighted by Gasteiger charge is -2.23. The predicted molar refractivity (Wildman–Crippen MR) is 124 cm³/mol. The predicted octanol–water partition coefficient (Wildman–Crippen LogP) is 2.59. The maximum absolute atomic E-state index is 8.88. The second-order valence-electron chi connectivity index (χ2n) is 8.04. The van der Waals surface area contributed by atoms with Crippen LogP contribution in [-0.2, 0) is 19.4 Å². The number of pyridine rings is 1. The summed E-state index contributed by atoms with van der Waals surface area (Å²) in [4.78, 5) is 10.6. The Balaban J connectivity index is 1.44. The van der Waals surface area contributed by atoms with Gasteiger partial charge in [0.25, 0.3) is 5.82 Å². The fraction of sp³-hybridized carbons (Fsp3) is 0.250. The van der Waals surface area contributed by atoms with Crippen LogP contribution in [-0.4, -0.2) is 37.7 Å². The van der Waals surface area contributed by atoms with Crippen molar-refractivity contribution in [3.05, 3.63) is 83.7 Å². The molecule has 4 N–H and O–H groups in total. The fourth-order valence-electron chi connectivity index (χ4n) is 4.05. The third-order valence-electron chi connectivity index (χ3n) is 5.67. The van der Waals surface area contributed by atoms with Crippen molar-refractivity contribution < 1.29 is 0 Å². The average molecular weight is 427 g/mol. The molecule has 1 aliphatic rings. The van der Waals surface area contributed by atoms with Gasteiger partial charge < -0.3 is 11.5 Å². The second-order valence-corrected chi connectivity index (χ2v) is 8.04. The Hall–Kier alpha value is -3.96. The van der Waals surface area contributed by atoms with Gasteiger partial charge in [0.05, 0.1) is 0 Å². The minimum Gasteiger partial charge on any atom is -0.401 e. The molecule has 0 aliphatic heterocycles. The first-order valence-electron chi connectivity index (χ1n) is 10.5. The van der Waals surface area contributed by atoms with Crippen LogP contribution in [0.15, 0.2) is 55.6 Å². The molecule has 162 valence electrons. The molecule has 1 aliphatic carbocycles. The van der Waals surface area contributed by atoms with E-state index in [1.165, 1.54) is 27.7 Å². The molecule has 0 amide bonds. The average Bonchev–Trinajstić information content (AvgIpc) is 3.41. The molecule has 1 aromatic carbocycles. The van der Waals surface area contributed by atoms with E-state index in [4.69, 9.17) is 16.7 Å². The van der Waals surface area contributed by atoms with Crippen LogP contribution in [0, 0.1) is 11.3 Å². The number of fused-ring (bicyclic) bond motifs is 1. The van der Waals surface area contributed by atoms with Gasteiger partial charge in [-0.05, 0) is 53.2 Å². The van der Waals surface area contributed by atoms with Gasteiger partial charge in [-0.3, -0.25) is 4.90 Å². The van der Waals surface area contributed by atoms with Crippen molar-refractivity contribution in [2.45, 2.75) is 25.8 Å². The van der Waals surface area contributed by atoms with E-state index < -0.39 is 0 Å². The van der Waals surface area contributed by atoms with Crippen LogP contribution >= 0.6 is 0 Å². The molecule has 3 aromatic rings. The van der Waals surface area contributed by atoms with Gasteiger partial charge in [-0.2, -0.15) is 5.26 Å². The Morgan fingerprint density at radius 2 is 2.06 bits per heavy atom. The molecule has 0 radical (unpaired) electrons. The first-order chi connectivity index (χ1) is 15.4. The molecule has 32 heavy (non-hydrogen) atoms. The van der Waals surface area contributed by atoms with Gasteiger partial charge in [0.2, 0.25) is 0 Å². The maximum atomic E-state index is 8.88. The number of nitrogen functional groups attached to an aromatic ring is 1. The smallest absolute Gasteiger partial charge is 0.252 e. The largest absolute Gasteiger partial charge is 0.401 e. The third-order valence-corrected chi connectivity index (χ3v) is 5.67. The van der Waals surface area contributed by atoms with Crippen molar-refractivity contribution in [3.63, 3.8) is 0 Å². The van der Waals surface area contributed by atoms with Gasteiger partial charge in [0.1, 0.15) is 12.4 Å². The third kappa shape index (κ3) is 4.53. The van der Waals surface area contributed by atoms with Gasteiger partial charge in [-0.25, -0.2) is 14.6 Å². The molecule has 8 heteroatoms. The summed E-state index contributed by atoms with van der Waals surface area (Å²) in [6.45, 7) is 10.0. The molecule has 0 saturated carbocycles. The maximum Gasteiger partial charge on any atom is 0.252 e. The van der Waals surface area contributed by atoms with E-state index in [2.05, 4.69) is 45.3 Å². The summed E-state index contributed by atoms with van der Waals surface area (Å²) in [5.41, 5.74) is 19.7. The molecule has 0 spiro atoms. The lowest BCUT2D eigenvalue weighted by Crippen LogP contribution is -2.30. The van der Waals surface area contributed by atoms with Crippen molar-refractivity contribution in [1.82, 2.24) is 24.6 Å². The summed E-state index contributed by atoms with van der Waals surface area (Å²) in [5.74, 6) is 0.712. The van der Waals surface area contributed by atoms with Crippen molar-refractivity contribution >= 4 is 11.3 Å². The molecule has 2 aromatic heterocycles. The van der Waals surface area contributed by atoms with Crippen molar-refractivity contribution in [1.29, 1.82) is 5.26 Å². The number of aromatic nitrogens is 4. The minimum absolute atomic E-state index is 0.110. The van der Waals surface area contributed by atoms with E-state index in [0.717, 1.165) is 42.6 Å². The normalized spacial score (nSPS) is 12.7. The number of nitriles is 1. The van der Waals surface area contributed by atoms with Crippen LogP contribution in [0.3, 0.4) is 0 Å². The van der Waals surface area contributed by atoms with Crippen LogP contribution in [0.4, 0.5) is 5.69 Å². The molecule has 4 rings (SSSR count). The van der Waals surface area contributed by atoms with Crippen LogP contribution in [0.1, 0.15) is 34.5 Å². The lowest BCUT2D eigenvalue weighted by atomic mass is 10.00. The zero-order chi connectivity index (χ0) is 22.7. The minimum atomic E-state index is 0.110. The standard InChI is InChI=1S/C24H26N8/c1-16-3-6-21-20(16)7-5-19(24(21)27)9-10-31(13-17(2)26)14-18-4-8-23(28-12-18)32-15-29-22(11-25)30-32/h4-5,7-8,12,15H,1-3,6,9-10,13-14,26-27H2. The SMILES string of the molecule is C=C(N)CN(CCc1ccc2c(c1N)CCC2=C)Cc1ccc(-n2cnc(C#N)n2)nc1. The highest BCUT2D eigenvalue weighted by Crippen LogP contribution is 2.36. The Morgan fingerprint density at radius 3 is 2.75 bits per heavy atom. The molecular formula is C24H26N8. The number of hydrogen-bond acceptors (Lipinski definition) is 7. The first-order valence-corrected chi connectivity index (χ1v) is 10.5. The molecule has 0 saturated heterocycles. The molecule has 0 fully saturated rings. The van der Waals surface area contributed by atoms with Gasteiger partial charge in [0.15, 0.2) is 5.82 Å². The van der Waals surface area contributed by atoms with Crippen LogP contribution in [0.2, 0.25) is 0 Å². The summed E-state index contributed by atoms with van der Waals surface area (Å²) in [6.07, 6.45) is 6.04. The Morgan fingerprint density at radius 1 is 1.22 bits per heavy atom.